The minimum atomic E-state index is -0.800. The summed E-state index contributed by atoms with van der Waals surface area (Å²) in [5.41, 5.74) is 0.293. The van der Waals surface area contributed by atoms with Gasteiger partial charge in [0.05, 0.1) is 18.8 Å². The van der Waals surface area contributed by atoms with Crippen molar-refractivity contribution < 1.29 is 19.0 Å². The number of halogens is 1. The van der Waals surface area contributed by atoms with E-state index in [4.69, 9.17) is 9.47 Å². The van der Waals surface area contributed by atoms with Gasteiger partial charge in [-0.2, -0.15) is 0 Å². The quantitative estimate of drug-likeness (QED) is 0.878. The summed E-state index contributed by atoms with van der Waals surface area (Å²) >= 11 is 0. The summed E-state index contributed by atoms with van der Waals surface area (Å²) in [5.74, 6) is 0.0644. The van der Waals surface area contributed by atoms with Gasteiger partial charge in [-0.3, -0.25) is 0 Å². The van der Waals surface area contributed by atoms with Crippen LogP contribution in [-0.4, -0.2) is 24.4 Å². The minimum Gasteiger partial charge on any atom is -0.493 e. The molecule has 0 aromatic heterocycles. The maximum Gasteiger partial charge on any atom is 0.132 e. The number of aliphatic hydroxyl groups excluding tert-OH is 1. The summed E-state index contributed by atoms with van der Waals surface area (Å²) in [6.45, 7) is 2.90. The Morgan fingerprint density at radius 1 is 1.56 bits per heavy atom. The van der Waals surface area contributed by atoms with Crippen LogP contribution in [0.2, 0.25) is 0 Å². The van der Waals surface area contributed by atoms with E-state index in [9.17, 15) is 9.50 Å². The van der Waals surface area contributed by atoms with Crippen LogP contribution in [0.25, 0.3) is 0 Å². The lowest BCUT2D eigenvalue weighted by molar-refractivity contribution is 0.0903. The van der Waals surface area contributed by atoms with Gasteiger partial charge in [-0.05, 0) is 31.9 Å². The van der Waals surface area contributed by atoms with Crippen molar-refractivity contribution >= 4 is 0 Å². The maximum atomic E-state index is 13.6. The molecule has 0 spiro atoms. The van der Waals surface area contributed by atoms with Gasteiger partial charge in [0.1, 0.15) is 11.6 Å². The van der Waals surface area contributed by atoms with Crippen LogP contribution < -0.4 is 4.74 Å². The van der Waals surface area contributed by atoms with Crippen LogP contribution in [0.4, 0.5) is 4.39 Å². The molecule has 1 aliphatic heterocycles. The monoisotopic (exact) mass is 254 g/mol. The molecule has 0 amide bonds. The van der Waals surface area contributed by atoms with E-state index >= 15 is 0 Å². The van der Waals surface area contributed by atoms with Gasteiger partial charge in [0.2, 0.25) is 0 Å². The lowest BCUT2D eigenvalue weighted by Gasteiger charge is -2.12. The van der Waals surface area contributed by atoms with Crippen molar-refractivity contribution in [2.75, 3.05) is 13.2 Å². The lowest BCUT2D eigenvalue weighted by Crippen LogP contribution is -2.10. The molecule has 1 heterocycles. The highest BCUT2D eigenvalue weighted by Crippen LogP contribution is 2.22. The van der Waals surface area contributed by atoms with Crippen molar-refractivity contribution in [2.45, 2.75) is 38.4 Å². The second-order valence-corrected chi connectivity index (χ2v) is 4.63. The minimum absolute atomic E-state index is 0.284. The van der Waals surface area contributed by atoms with Crippen molar-refractivity contribution in [1.82, 2.24) is 0 Å². The zero-order valence-corrected chi connectivity index (χ0v) is 10.6. The second kappa shape index (κ2) is 6.16. The third-order valence-corrected chi connectivity index (χ3v) is 3.15. The van der Waals surface area contributed by atoms with Crippen molar-refractivity contribution in [1.29, 1.82) is 0 Å². The summed E-state index contributed by atoms with van der Waals surface area (Å²) in [4.78, 5) is 0. The van der Waals surface area contributed by atoms with E-state index < -0.39 is 11.9 Å². The molecule has 2 atom stereocenters. The molecule has 0 bridgehead atoms. The Balaban J connectivity index is 1.84. The summed E-state index contributed by atoms with van der Waals surface area (Å²) in [7, 11) is 0. The van der Waals surface area contributed by atoms with Crippen molar-refractivity contribution in [2.24, 2.45) is 0 Å². The van der Waals surface area contributed by atoms with Gasteiger partial charge in [-0.15, -0.1) is 0 Å². The third-order valence-electron chi connectivity index (χ3n) is 3.15. The van der Waals surface area contributed by atoms with E-state index in [2.05, 4.69) is 0 Å². The SMILES string of the molecule is CC(O)c1ccc(OCCC2CCCO2)cc1F. The largest absolute Gasteiger partial charge is 0.493 e. The average Bonchev–Trinajstić information content (AvgIpc) is 2.81. The molecule has 0 saturated carbocycles. The van der Waals surface area contributed by atoms with E-state index in [0.717, 1.165) is 25.9 Å². The van der Waals surface area contributed by atoms with E-state index in [-0.39, 0.29) is 6.10 Å². The smallest absolute Gasteiger partial charge is 0.132 e. The van der Waals surface area contributed by atoms with Crippen LogP contribution in [0.15, 0.2) is 18.2 Å². The van der Waals surface area contributed by atoms with E-state index in [1.165, 1.54) is 13.0 Å². The van der Waals surface area contributed by atoms with Crippen molar-refractivity contribution in [3.8, 4) is 5.75 Å². The Morgan fingerprint density at radius 2 is 2.39 bits per heavy atom. The van der Waals surface area contributed by atoms with E-state index in [1.807, 2.05) is 0 Å². The molecule has 18 heavy (non-hydrogen) atoms. The van der Waals surface area contributed by atoms with Crippen molar-refractivity contribution in [3.05, 3.63) is 29.6 Å². The van der Waals surface area contributed by atoms with Gasteiger partial charge in [0.25, 0.3) is 0 Å². The summed E-state index contributed by atoms with van der Waals surface area (Å²) in [6, 6.07) is 4.56. The standard InChI is InChI=1S/C14H19FO3/c1-10(16)13-5-4-12(9-14(13)15)18-8-6-11-3-2-7-17-11/h4-5,9-11,16H,2-3,6-8H2,1H3. The van der Waals surface area contributed by atoms with Gasteiger partial charge >= 0.3 is 0 Å². The van der Waals surface area contributed by atoms with Gasteiger partial charge in [-0.25, -0.2) is 4.39 Å². The summed E-state index contributed by atoms with van der Waals surface area (Å²) in [5, 5.41) is 9.32. The van der Waals surface area contributed by atoms with Gasteiger partial charge in [-0.1, -0.05) is 0 Å². The third kappa shape index (κ3) is 3.43. The molecule has 4 heteroatoms. The molecular formula is C14H19FO3. The molecule has 3 nitrogen and oxygen atoms in total. The summed E-state index contributed by atoms with van der Waals surface area (Å²) < 4.78 is 24.5. The molecule has 0 aliphatic carbocycles. The van der Waals surface area contributed by atoms with Crippen molar-refractivity contribution in [3.63, 3.8) is 0 Å². The first-order chi connectivity index (χ1) is 8.66. The van der Waals surface area contributed by atoms with E-state index in [1.54, 1.807) is 12.1 Å². The number of ether oxygens (including phenoxy) is 2. The molecule has 1 N–H and O–H groups in total. The molecule has 2 unspecified atom stereocenters. The number of aliphatic hydroxyl groups is 1. The zero-order valence-electron chi connectivity index (χ0n) is 10.6. The Bertz CT molecular complexity index is 387. The van der Waals surface area contributed by atoms with E-state index in [0.29, 0.717) is 17.9 Å². The normalized spacial score (nSPS) is 20.9. The number of hydrogen-bond donors (Lipinski definition) is 1. The Kier molecular flexibility index (Phi) is 4.55. The van der Waals surface area contributed by atoms with Gasteiger partial charge in [0.15, 0.2) is 0 Å². The number of hydrogen-bond acceptors (Lipinski definition) is 3. The first kappa shape index (κ1) is 13.3. The first-order valence-electron chi connectivity index (χ1n) is 6.38. The van der Waals surface area contributed by atoms with Crippen LogP contribution in [0.3, 0.4) is 0 Å². The molecule has 2 rings (SSSR count). The highest BCUT2D eigenvalue weighted by Gasteiger charge is 2.15. The van der Waals surface area contributed by atoms with Crippen LogP contribution in [-0.2, 0) is 4.74 Å². The van der Waals surface area contributed by atoms with Crippen LogP contribution >= 0.6 is 0 Å². The highest BCUT2D eigenvalue weighted by molar-refractivity contribution is 5.29. The van der Waals surface area contributed by atoms with Crippen LogP contribution in [0.1, 0.15) is 37.9 Å². The molecule has 1 aromatic carbocycles. The molecule has 1 aliphatic rings. The van der Waals surface area contributed by atoms with Gasteiger partial charge in [0, 0.05) is 24.7 Å². The molecule has 100 valence electrons. The summed E-state index contributed by atoms with van der Waals surface area (Å²) in [6.07, 6.45) is 2.51. The molecule has 1 fully saturated rings. The van der Waals surface area contributed by atoms with Crippen LogP contribution in [0, 0.1) is 5.82 Å². The fourth-order valence-corrected chi connectivity index (χ4v) is 2.12. The Labute approximate surface area is 107 Å². The fraction of sp³-hybridized carbons (Fsp3) is 0.571. The van der Waals surface area contributed by atoms with Gasteiger partial charge < -0.3 is 14.6 Å². The molecule has 1 aromatic rings. The fourth-order valence-electron chi connectivity index (χ4n) is 2.12. The maximum absolute atomic E-state index is 13.6. The zero-order chi connectivity index (χ0) is 13.0. The Hall–Kier alpha value is -1.13. The first-order valence-corrected chi connectivity index (χ1v) is 6.38. The molecule has 1 saturated heterocycles. The molecular weight excluding hydrogens is 235 g/mol. The number of benzene rings is 1. The van der Waals surface area contributed by atoms with Crippen LogP contribution in [0.5, 0.6) is 5.75 Å². The topological polar surface area (TPSA) is 38.7 Å². The lowest BCUT2D eigenvalue weighted by atomic mass is 10.1. The predicted molar refractivity (Wildman–Crippen MR) is 66.1 cm³/mol. The second-order valence-electron chi connectivity index (χ2n) is 4.63. The highest BCUT2D eigenvalue weighted by atomic mass is 19.1. The Morgan fingerprint density at radius 3 is 3.00 bits per heavy atom. The predicted octanol–water partition coefficient (Wildman–Crippen LogP) is 2.83. The average molecular weight is 254 g/mol. The number of rotatable bonds is 5. The molecule has 0 radical (unpaired) electrons.